The van der Waals surface area contributed by atoms with E-state index in [9.17, 15) is 0 Å². The summed E-state index contributed by atoms with van der Waals surface area (Å²) in [5.74, 6) is 0. The van der Waals surface area contributed by atoms with Crippen molar-refractivity contribution in [3.63, 3.8) is 0 Å². The van der Waals surface area contributed by atoms with Gasteiger partial charge in [-0.3, -0.25) is 0 Å². The van der Waals surface area contributed by atoms with Gasteiger partial charge >= 0.3 is 0 Å². The Morgan fingerprint density at radius 2 is 1.84 bits per heavy atom. The maximum Gasteiger partial charge on any atom is 0.0729 e. The standard InChI is InChI=1S/C18H19N/c1-3-19-17(15-7-5-4-6-8-15)12-11-16-10-9-14(2)13-18(16)19/h4-13,17H,3H2,1-2H3/t17-/m0/s1. The minimum atomic E-state index is 0.348. The first-order chi connectivity index (χ1) is 9.29. The fraction of sp³-hybridized carbons (Fsp3) is 0.222. The summed E-state index contributed by atoms with van der Waals surface area (Å²) in [5.41, 5.74) is 5.34. The first-order valence-electron chi connectivity index (χ1n) is 6.90. The summed E-state index contributed by atoms with van der Waals surface area (Å²) in [4.78, 5) is 2.47. The summed E-state index contributed by atoms with van der Waals surface area (Å²) < 4.78 is 0. The number of hydrogen-bond acceptors (Lipinski definition) is 1. The van der Waals surface area contributed by atoms with Gasteiger partial charge in [-0.1, -0.05) is 54.6 Å². The van der Waals surface area contributed by atoms with Crippen molar-refractivity contribution in [1.82, 2.24) is 0 Å². The lowest BCUT2D eigenvalue weighted by Crippen LogP contribution is -2.29. The third-order valence-electron chi connectivity index (χ3n) is 3.77. The van der Waals surface area contributed by atoms with Gasteiger partial charge in [0.2, 0.25) is 0 Å². The van der Waals surface area contributed by atoms with E-state index in [-0.39, 0.29) is 0 Å². The minimum absolute atomic E-state index is 0.348. The van der Waals surface area contributed by atoms with E-state index < -0.39 is 0 Å². The molecule has 1 aliphatic rings. The highest BCUT2D eigenvalue weighted by Gasteiger charge is 2.22. The van der Waals surface area contributed by atoms with Crippen molar-refractivity contribution in [3.05, 3.63) is 71.3 Å². The van der Waals surface area contributed by atoms with Gasteiger partial charge in [0, 0.05) is 12.2 Å². The first-order valence-corrected chi connectivity index (χ1v) is 6.90. The summed E-state index contributed by atoms with van der Waals surface area (Å²) in [5, 5.41) is 0. The average molecular weight is 249 g/mol. The van der Waals surface area contributed by atoms with Crippen LogP contribution in [0.25, 0.3) is 6.08 Å². The van der Waals surface area contributed by atoms with Crippen LogP contribution >= 0.6 is 0 Å². The predicted molar refractivity (Wildman–Crippen MR) is 82.4 cm³/mol. The number of anilines is 1. The van der Waals surface area contributed by atoms with Crippen LogP contribution in [0.4, 0.5) is 5.69 Å². The third-order valence-corrected chi connectivity index (χ3v) is 3.77. The second-order valence-electron chi connectivity index (χ2n) is 5.06. The van der Waals surface area contributed by atoms with Gasteiger partial charge in [-0.15, -0.1) is 0 Å². The van der Waals surface area contributed by atoms with Crippen molar-refractivity contribution in [2.45, 2.75) is 19.9 Å². The van der Waals surface area contributed by atoms with Crippen molar-refractivity contribution >= 4 is 11.8 Å². The zero-order valence-corrected chi connectivity index (χ0v) is 11.5. The Balaban J connectivity index is 2.06. The van der Waals surface area contributed by atoms with Crippen molar-refractivity contribution in [2.24, 2.45) is 0 Å². The molecule has 0 aliphatic carbocycles. The Labute approximate surface area is 115 Å². The van der Waals surface area contributed by atoms with Gasteiger partial charge < -0.3 is 4.90 Å². The molecule has 3 rings (SSSR count). The van der Waals surface area contributed by atoms with E-state index in [1.807, 2.05) is 0 Å². The van der Waals surface area contributed by atoms with Crippen molar-refractivity contribution in [3.8, 4) is 0 Å². The normalized spacial score (nSPS) is 17.4. The number of hydrogen-bond donors (Lipinski definition) is 0. The highest BCUT2D eigenvalue weighted by molar-refractivity contribution is 5.73. The number of likely N-dealkylation sites (N-methyl/N-ethyl adjacent to an activating group) is 1. The van der Waals surface area contributed by atoms with Crippen LogP contribution in [0.3, 0.4) is 0 Å². The summed E-state index contributed by atoms with van der Waals surface area (Å²) >= 11 is 0. The molecule has 2 aromatic rings. The molecule has 96 valence electrons. The highest BCUT2D eigenvalue weighted by Crippen LogP contribution is 2.36. The van der Waals surface area contributed by atoms with E-state index in [1.165, 1.54) is 22.4 Å². The molecule has 0 radical (unpaired) electrons. The molecule has 0 saturated heterocycles. The molecule has 0 bridgehead atoms. The van der Waals surface area contributed by atoms with Crippen molar-refractivity contribution < 1.29 is 0 Å². The molecule has 0 saturated carbocycles. The van der Waals surface area contributed by atoms with E-state index in [0.717, 1.165) is 6.54 Å². The third kappa shape index (κ3) is 2.17. The number of fused-ring (bicyclic) bond motifs is 1. The van der Waals surface area contributed by atoms with E-state index in [4.69, 9.17) is 0 Å². The molecule has 1 nitrogen and oxygen atoms in total. The molecule has 1 aliphatic heterocycles. The maximum atomic E-state index is 2.47. The molecule has 1 heteroatoms. The quantitative estimate of drug-likeness (QED) is 0.752. The van der Waals surface area contributed by atoms with Gasteiger partial charge in [-0.05, 0) is 36.6 Å². The van der Waals surface area contributed by atoms with E-state index >= 15 is 0 Å². The topological polar surface area (TPSA) is 3.24 Å². The molecule has 0 amide bonds. The Morgan fingerprint density at radius 3 is 2.58 bits per heavy atom. The fourth-order valence-corrected chi connectivity index (χ4v) is 2.80. The molecule has 0 fully saturated rings. The zero-order chi connectivity index (χ0) is 13.2. The Kier molecular flexibility index (Phi) is 3.12. The Hall–Kier alpha value is -2.02. The average Bonchev–Trinajstić information content (AvgIpc) is 2.46. The van der Waals surface area contributed by atoms with Gasteiger partial charge in [-0.2, -0.15) is 0 Å². The van der Waals surface area contributed by atoms with Crippen molar-refractivity contribution in [1.29, 1.82) is 0 Å². The number of rotatable bonds is 2. The fourth-order valence-electron chi connectivity index (χ4n) is 2.80. The lowest BCUT2D eigenvalue weighted by Gasteiger charge is -2.35. The van der Waals surface area contributed by atoms with Gasteiger partial charge in [0.1, 0.15) is 0 Å². The Bertz CT molecular complexity index is 598. The summed E-state index contributed by atoms with van der Waals surface area (Å²) in [6, 6.07) is 17.7. The predicted octanol–water partition coefficient (Wildman–Crippen LogP) is 4.59. The Morgan fingerprint density at radius 1 is 1.05 bits per heavy atom. The van der Waals surface area contributed by atoms with Gasteiger partial charge in [-0.25, -0.2) is 0 Å². The number of nitrogens with zero attached hydrogens (tertiary/aromatic N) is 1. The zero-order valence-electron chi connectivity index (χ0n) is 11.5. The molecule has 0 N–H and O–H groups in total. The molecule has 0 aromatic heterocycles. The SMILES string of the molecule is CCN1c2cc(C)ccc2C=C[C@H]1c1ccccc1. The van der Waals surface area contributed by atoms with E-state index in [2.05, 4.69) is 79.4 Å². The van der Waals surface area contributed by atoms with E-state index in [0.29, 0.717) is 6.04 Å². The molecule has 1 atom stereocenters. The summed E-state index contributed by atoms with van der Waals surface area (Å²) in [6.07, 6.45) is 4.55. The lowest BCUT2D eigenvalue weighted by molar-refractivity contribution is 0.741. The second-order valence-corrected chi connectivity index (χ2v) is 5.06. The second kappa shape index (κ2) is 4.93. The number of benzene rings is 2. The number of aryl methyl sites for hydroxylation is 1. The van der Waals surface area contributed by atoms with Crippen LogP contribution in [0.5, 0.6) is 0 Å². The van der Waals surface area contributed by atoms with Crippen LogP contribution in [-0.4, -0.2) is 6.54 Å². The smallest absolute Gasteiger partial charge is 0.0729 e. The molecule has 0 spiro atoms. The largest absolute Gasteiger partial charge is 0.361 e. The lowest BCUT2D eigenvalue weighted by atomic mass is 9.96. The van der Waals surface area contributed by atoms with E-state index in [1.54, 1.807) is 0 Å². The van der Waals surface area contributed by atoms with Crippen molar-refractivity contribution in [2.75, 3.05) is 11.4 Å². The monoisotopic (exact) mass is 249 g/mol. The molecule has 19 heavy (non-hydrogen) atoms. The summed E-state index contributed by atoms with van der Waals surface area (Å²) in [6.45, 7) is 5.39. The maximum absolute atomic E-state index is 2.47. The molecule has 0 unspecified atom stereocenters. The van der Waals surface area contributed by atoms with Gasteiger partial charge in [0.05, 0.1) is 6.04 Å². The molecular weight excluding hydrogens is 230 g/mol. The van der Waals surface area contributed by atoms with Crippen LogP contribution in [-0.2, 0) is 0 Å². The van der Waals surface area contributed by atoms with Gasteiger partial charge in [0.25, 0.3) is 0 Å². The van der Waals surface area contributed by atoms with Gasteiger partial charge in [0.15, 0.2) is 0 Å². The van der Waals surface area contributed by atoms with Crippen LogP contribution in [0, 0.1) is 6.92 Å². The summed E-state index contributed by atoms with van der Waals surface area (Å²) in [7, 11) is 0. The molecular formula is C18H19N. The van der Waals surface area contributed by atoms with Crippen LogP contribution in [0.1, 0.15) is 29.7 Å². The molecule has 1 heterocycles. The first kappa shape index (κ1) is 12.0. The van der Waals surface area contributed by atoms with Crippen LogP contribution < -0.4 is 4.90 Å². The van der Waals surface area contributed by atoms with Crippen LogP contribution in [0.2, 0.25) is 0 Å². The molecule has 2 aromatic carbocycles. The highest BCUT2D eigenvalue weighted by atomic mass is 15.2. The minimum Gasteiger partial charge on any atom is -0.361 e. The van der Waals surface area contributed by atoms with Crippen LogP contribution in [0.15, 0.2) is 54.6 Å².